The highest BCUT2D eigenvalue weighted by molar-refractivity contribution is 6.00. The average Bonchev–Trinajstić information content (AvgIpc) is 3.03. The van der Waals surface area contributed by atoms with Crippen molar-refractivity contribution < 1.29 is 4.79 Å². The van der Waals surface area contributed by atoms with Crippen LogP contribution in [0, 0.1) is 0 Å². The molecule has 1 aliphatic rings. The Labute approximate surface area is 123 Å². The van der Waals surface area contributed by atoms with Crippen LogP contribution in [0.25, 0.3) is 0 Å². The number of aromatic nitrogens is 1. The van der Waals surface area contributed by atoms with Gasteiger partial charge >= 0.3 is 0 Å². The average molecular weight is 280 g/mol. The molecule has 0 atom stereocenters. The number of anilines is 1. The summed E-state index contributed by atoms with van der Waals surface area (Å²) < 4.78 is 0. The highest BCUT2D eigenvalue weighted by Crippen LogP contribution is 2.11. The van der Waals surface area contributed by atoms with Gasteiger partial charge in [0.25, 0.3) is 0 Å². The van der Waals surface area contributed by atoms with Crippen molar-refractivity contribution in [3.63, 3.8) is 0 Å². The van der Waals surface area contributed by atoms with Gasteiger partial charge in [0.1, 0.15) is 5.84 Å². The zero-order valence-electron chi connectivity index (χ0n) is 11.5. The van der Waals surface area contributed by atoms with E-state index < -0.39 is 0 Å². The second kappa shape index (κ2) is 6.17. The molecule has 5 nitrogen and oxygen atoms in total. The standard InChI is InChI=1S/C16H16N4O/c21-15(11-12-5-7-17-8-6-12)20-14-3-1-13(2-4-14)16-18-9-10-19-16/h1-8H,9-11H2,(H,18,19)(H,20,21). The summed E-state index contributed by atoms with van der Waals surface area (Å²) in [5, 5.41) is 6.11. The van der Waals surface area contributed by atoms with E-state index in [4.69, 9.17) is 0 Å². The molecule has 0 saturated carbocycles. The Hall–Kier alpha value is -2.69. The number of amides is 1. The summed E-state index contributed by atoms with van der Waals surface area (Å²) in [6.45, 7) is 1.71. The Bertz CT molecular complexity index is 650. The number of rotatable bonds is 4. The molecule has 0 saturated heterocycles. The maximum Gasteiger partial charge on any atom is 0.228 e. The molecule has 1 aliphatic heterocycles. The van der Waals surface area contributed by atoms with Crippen molar-refractivity contribution >= 4 is 17.4 Å². The van der Waals surface area contributed by atoms with Crippen molar-refractivity contribution in [1.29, 1.82) is 0 Å². The summed E-state index contributed by atoms with van der Waals surface area (Å²) in [5.41, 5.74) is 2.78. The molecule has 21 heavy (non-hydrogen) atoms. The van der Waals surface area contributed by atoms with E-state index in [0.717, 1.165) is 35.7 Å². The first kappa shape index (κ1) is 13.3. The highest BCUT2D eigenvalue weighted by Gasteiger charge is 2.08. The predicted molar refractivity (Wildman–Crippen MR) is 82.4 cm³/mol. The molecule has 3 rings (SSSR count). The fraction of sp³-hybridized carbons (Fsp3) is 0.188. The summed E-state index contributed by atoms with van der Waals surface area (Å²) in [7, 11) is 0. The second-order valence-electron chi connectivity index (χ2n) is 4.81. The zero-order chi connectivity index (χ0) is 14.5. The largest absolute Gasteiger partial charge is 0.368 e. The molecule has 2 aromatic rings. The van der Waals surface area contributed by atoms with E-state index in [1.807, 2.05) is 36.4 Å². The lowest BCUT2D eigenvalue weighted by atomic mass is 10.1. The van der Waals surface area contributed by atoms with Crippen LogP contribution in [0.3, 0.4) is 0 Å². The number of carbonyl (C=O) groups excluding carboxylic acids is 1. The molecule has 5 heteroatoms. The lowest BCUT2D eigenvalue weighted by molar-refractivity contribution is -0.115. The van der Waals surface area contributed by atoms with Crippen molar-refractivity contribution in [2.75, 3.05) is 18.4 Å². The summed E-state index contributed by atoms with van der Waals surface area (Å²) >= 11 is 0. The predicted octanol–water partition coefficient (Wildman–Crippen LogP) is 1.61. The number of nitrogens with one attached hydrogen (secondary N) is 2. The Morgan fingerprint density at radius 1 is 1.14 bits per heavy atom. The van der Waals surface area contributed by atoms with Crippen molar-refractivity contribution in [1.82, 2.24) is 10.3 Å². The third-order valence-electron chi connectivity index (χ3n) is 3.23. The molecule has 1 amide bonds. The topological polar surface area (TPSA) is 66.4 Å². The van der Waals surface area contributed by atoms with Crippen LogP contribution < -0.4 is 10.6 Å². The van der Waals surface area contributed by atoms with E-state index in [0.29, 0.717) is 6.42 Å². The van der Waals surface area contributed by atoms with Gasteiger partial charge in [-0.3, -0.25) is 14.8 Å². The molecule has 0 fully saturated rings. The van der Waals surface area contributed by atoms with Crippen LogP contribution in [-0.2, 0) is 11.2 Å². The van der Waals surface area contributed by atoms with E-state index in [9.17, 15) is 4.79 Å². The molecule has 2 heterocycles. The van der Waals surface area contributed by atoms with Crippen LogP contribution in [0.4, 0.5) is 5.69 Å². The molecular weight excluding hydrogens is 264 g/mol. The van der Waals surface area contributed by atoms with Crippen molar-refractivity contribution in [3.8, 4) is 0 Å². The molecule has 0 aliphatic carbocycles. The molecule has 0 unspecified atom stereocenters. The Morgan fingerprint density at radius 3 is 2.57 bits per heavy atom. The Balaban J connectivity index is 1.61. The van der Waals surface area contributed by atoms with Gasteiger partial charge in [0.2, 0.25) is 5.91 Å². The number of aliphatic imine (C=N–C) groups is 1. The number of pyridine rings is 1. The van der Waals surface area contributed by atoms with Gasteiger partial charge in [-0.25, -0.2) is 0 Å². The van der Waals surface area contributed by atoms with E-state index in [2.05, 4.69) is 20.6 Å². The summed E-state index contributed by atoms with van der Waals surface area (Å²) in [4.78, 5) is 20.3. The molecule has 1 aromatic carbocycles. The normalized spacial score (nSPS) is 13.4. The van der Waals surface area contributed by atoms with E-state index >= 15 is 0 Å². The highest BCUT2D eigenvalue weighted by atomic mass is 16.1. The van der Waals surface area contributed by atoms with Crippen LogP contribution in [0.1, 0.15) is 11.1 Å². The monoisotopic (exact) mass is 280 g/mol. The smallest absolute Gasteiger partial charge is 0.228 e. The lowest BCUT2D eigenvalue weighted by Gasteiger charge is -2.07. The lowest BCUT2D eigenvalue weighted by Crippen LogP contribution is -2.19. The first-order valence-corrected chi connectivity index (χ1v) is 6.89. The summed E-state index contributed by atoms with van der Waals surface area (Å²) in [6.07, 6.45) is 3.72. The maximum atomic E-state index is 12.0. The van der Waals surface area contributed by atoms with E-state index in [-0.39, 0.29) is 5.91 Å². The fourth-order valence-corrected chi connectivity index (χ4v) is 2.19. The van der Waals surface area contributed by atoms with Crippen LogP contribution >= 0.6 is 0 Å². The number of carbonyl (C=O) groups is 1. The van der Waals surface area contributed by atoms with Crippen LogP contribution in [0.15, 0.2) is 53.8 Å². The summed E-state index contributed by atoms with van der Waals surface area (Å²) in [5.74, 6) is 0.884. The van der Waals surface area contributed by atoms with Gasteiger partial charge in [0.05, 0.1) is 13.0 Å². The van der Waals surface area contributed by atoms with Crippen molar-refractivity contribution in [2.45, 2.75) is 6.42 Å². The zero-order valence-corrected chi connectivity index (χ0v) is 11.5. The molecule has 0 spiro atoms. The Kier molecular flexibility index (Phi) is 3.91. The van der Waals surface area contributed by atoms with Crippen molar-refractivity contribution in [2.24, 2.45) is 4.99 Å². The van der Waals surface area contributed by atoms with Crippen LogP contribution in [-0.4, -0.2) is 29.8 Å². The third kappa shape index (κ3) is 3.45. The molecule has 0 bridgehead atoms. The molecule has 0 radical (unpaired) electrons. The SMILES string of the molecule is O=C(Cc1ccncc1)Nc1ccc(C2=NCCN2)cc1. The quantitative estimate of drug-likeness (QED) is 0.894. The third-order valence-corrected chi connectivity index (χ3v) is 3.23. The number of amidine groups is 1. The van der Waals surface area contributed by atoms with Crippen LogP contribution in [0.2, 0.25) is 0 Å². The fourth-order valence-electron chi connectivity index (χ4n) is 2.19. The van der Waals surface area contributed by atoms with Gasteiger partial charge in [0.15, 0.2) is 0 Å². The minimum absolute atomic E-state index is 0.0368. The van der Waals surface area contributed by atoms with Gasteiger partial charge in [-0.15, -0.1) is 0 Å². The number of hydrogen-bond acceptors (Lipinski definition) is 4. The van der Waals surface area contributed by atoms with Gasteiger partial charge < -0.3 is 10.6 Å². The maximum absolute atomic E-state index is 12.0. The first-order valence-electron chi connectivity index (χ1n) is 6.89. The molecule has 2 N–H and O–H groups in total. The van der Waals surface area contributed by atoms with Gasteiger partial charge in [-0.2, -0.15) is 0 Å². The first-order chi connectivity index (χ1) is 10.3. The minimum atomic E-state index is -0.0368. The van der Waals surface area contributed by atoms with Crippen molar-refractivity contribution in [3.05, 3.63) is 59.9 Å². The van der Waals surface area contributed by atoms with Gasteiger partial charge in [0, 0.05) is 30.2 Å². The number of benzene rings is 1. The number of hydrogen-bond donors (Lipinski definition) is 2. The van der Waals surface area contributed by atoms with Gasteiger partial charge in [-0.05, 0) is 42.0 Å². The molecular formula is C16H16N4O. The Morgan fingerprint density at radius 2 is 1.90 bits per heavy atom. The van der Waals surface area contributed by atoms with E-state index in [1.54, 1.807) is 12.4 Å². The van der Waals surface area contributed by atoms with Crippen LogP contribution in [0.5, 0.6) is 0 Å². The second-order valence-corrected chi connectivity index (χ2v) is 4.81. The molecule has 1 aromatic heterocycles. The van der Waals surface area contributed by atoms with Gasteiger partial charge in [-0.1, -0.05) is 0 Å². The molecule has 106 valence electrons. The van der Waals surface area contributed by atoms with E-state index in [1.165, 1.54) is 0 Å². The number of nitrogens with zero attached hydrogens (tertiary/aromatic N) is 2. The minimum Gasteiger partial charge on any atom is -0.368 e. The summed E-state index contributed by atoms with van der Waals surface area (Å²) in [6, 6.07) is 11.4.